The number of halogens is 1. The first kappa shape index (κ1) is 14.5. The molecule has 1 aliphatic heterocycles. The van der Waals surface area contributed by atoms with Crippen LogP contribution in [0.2, 0.25) is 0 Å². The van der Waals surface area contributed by atoms with Gasteiger partial charge in [0.25, 0.3) is 0 Å². The maximum atomic E-state index is 3.76. The third kappa shape index (κ3) is 2.44. The SMILES string of the molecule is Cc1ccc2c3c([nH]c2c1Br)C(C=C1CCCCC1)NCC3. The predicted molar refractivity (Wildman–Crippen MR) is 96.4 cm³/mol. The lowest BCUT2D eigenvalue weighted by atomic mass is 9.91. The van der Waals surface area contributed by atoms with Gasteiger partial charge in [-0.15, -0.1) is 0 Å². The molecule has 1 fully saturated rings. The fraction of sp³-hybridized carbons (Fsp3) is 0.474. The van der Waals surface area contributed by atoms with E-state index in [4.69, 9.17) is 0 Å². The number of hydrogen-bond donors (Lipinski definition) is 2. The second kappa shape index (κ2) is 5.86. The van der Waals surface area contributed by atoms with Gasteiger partial charge in [0.1, 0.15) is 0 Å². The molecule has 3 heteroatoms. The number of fused-ring (bicyclic) bond motifs is 3. The largest absolute Gasteiger partial charge is 0.356 e. The lowest BCUT2D eigenvalue weighted by Gasteiger charge is -2.24. The summed E-state index contributed by atoms with van der Waals surface area (Å²) >= 11 is 3.76. The molecule has 1 aromatic heterocycles. The van der Waals surface area contributed by atoms with Crippen LogP contribution in [-0.2, 0) is 6.42 Å². The predicted octanol–water partition coefficient (Wildman–Crippen LogP) is 5.32. The van der Waals surface area contributed by atoms with Gasteiger partial charge < -0.3 is 10.3 Å². The molecule has 1 aliphatic carbocycles. The third-order valence-corrected chi connectivity index (χ3v) is 6.22. The van der Waals surface area contributed by atoms with E-state index in [0.29, 0.717) is 6.04 Å². The lowest BCUT2D eigenvalue weighted by molar-refractivity contribution is 0.551. The van der Waals surface area contributed by atoms with Crippen LogP contribution in [0.15, 0.2) is 28.3 Å². The minimum absolute atomic E-state index is 0.358. The molecule has 0 amide bonds. The molecule has 2 N–H and O–H groups in total. The Kier molecular flexibility index (Phi) is 3.87. The molecule has 1 unspecified atom stereocenters. The molecule has 2 aliphatic rings. The molecule has 22 heavy (non-hydrogen) atoms. The zero-order valence-corrected chi connectivity index (χ0v) is 14.7. The topological polar surface area (TPSA) is 27.8 Å². The Morgan fingerprint density at radius 3 is 2.77 bits per heavy atom. The van der Waals surface area contributed by atoms with Crippen molar-refractivity contribution in [3.05, 3.63) is 45.1 Å². The van der Waals surface area contributed by atoms with Gasteiger partial charge in [0, 0.05) is 22.1 Å². The second-order valence-electron chi connectivity index (χ2n) is 6.70. The molecule has 0 saturated heterocycles. The normalized spacial score (nSPS) is 21.9. The van der Waals surface area contributed by atoms with Gasteiger partial charge in [-0.2, -0.15) is 0 Å². The number of aromatic nitrogens is 1. The number of rotatable bonds is 1. The summed E-state index contributed by atoms with van der Waals surface area (Å²) in [5.74, 6) is 0. The van der Waals surface area contributed by atoms with E-state index in [-0.39, 0.29) is 0 Å². The Bertz CT molecular complexity index is 733. The fourth-order valence-electron chi connectivity index (χ4n) is 3.95. The molecule has 116 valence electrons. The molecule has 2 aromatic rings. The van der Waals surface area contributed by atoms with E-state index in [1.807, 2.05) is 0 Å². The average molecular weight is 359 g/mol. The highest BCUT2D eigenvalue weighted by molar-refractivity contribution is 9.10. The van der Waals surface area contributed by atoms with Crippen molar-refractivity contribution < 1.29 is 0 Å². The maximum absolute atomic E-state index is 3.76. The van der Waals surface area contributed by atoms with E-state index in [1.54, 1.807) is 5.57 Å². The zero-order chi connectivity index (χ0) is 15.1. The zero-order valence-electron chi connectivity index (χ0n) is 13.1. The molecule has 2 nitrogen and oxygen atoms in total. The van der Waals surface area contributed by atoms with Gasteiger partial charge in [-0.3, -0.25) is 0 Å². The molecule has 4 rings (SSSR count). The average Bonchev–Trinajstić information content (AvgIpc) is 2.93. The summed E-state index contributed by atoms with van der Waals surface area (Å²) in [5, 5.41) is 5.08. The number of aromatic amines is 1. The van der Waals surface area contributed by atoms with Crippen LogP contribution in [0.1, 0.15) is 55.0 Å². The van der Waals surface area contributed by atoms with Gasteiger partial charge in [0.2, 0.25) is 0 Å². The Labute approximate surface area is 140 Å². The summed E-state index contributed by atoms with van der Waals surface area (Å²) in [6.07, 6.45) is 10.3. The van der Waals surface area contributed by atoms with Crippen LogP contribution in [0.3, 0.4) is 0 Å². The van der Waals surface area contributed by atoms with Gasteiger partial charge in [0.15, 0.2) is 0 Å². The first-order valence-corrected chi connectivity index (χ1v) is 9.26. The van der Waals surface area contributed by atoms with Gasteiger partial charge >= 0.3 is 0 Å². The van der Waals surface area contributed by atoms with Crippen LogP contribution in [-0.4, -0.2) is 11.5 Å². The summed E-state index contributed by atoms with van der Waals surface area (Å²) < 4.78 is 1.21. The van der Waals surface area contributed by atoms with Crippen LogP contribution in [0.4, 0.5) is 0 Å². The molecule has 0 radical (unpaired) electrons. The molecule has 2 heterocycles. The molecule has 0 bridgehead atoms. The second-order valence-corrected chi connectivity index (χ2v) is 7.50. The highest BCUT2D eigenvalue weighted by Gasteiger charge is 2.24. The van der Waals surface area contributed by atoms with E-state index >= 15 is 0 Å². The van der Waals surface area contributed by atoms with Crippen LogP contribution < -0.4 is 5.32 Å². The van der Waals surface area contributed by atoms with E-state index in [0.717, 1.165) is 13.0 Å². The number of allylic oxidation sites excluding steroid dienone is 1. The van der Waals surface area contributed by atoms with Gasteiger partial charge in [0.05, 0.1) is 11.6 Å². The van der Waals surface area contributed by atoms with Crippen LogP contribution in [0.25, 0.3) is 10.9 Å². The summed E-state index contributed by atoms with van der Waals surface area (Å²) in [6.45, 7) is 3.23. The first-order chi connectivity index (χ1) is 10.7. The molecule has 1 atom stereocenters. The van der Waals surface area contributed by atoms with Crippen molar-refractivity contribution in [1.29, 1.82) is 0 Å². The number of H-pyrrole nitrogens is 1. The van der Waals surface area contributed by atoms with Crippen molar-refractivity contribution >= 4 is 26.8 Å². The lowest BCUT2D eigenvalue weighted by Crippen LogP contribution is -2.28. The summed E-state index contributed by atoms with van der Waals surface area (Å²) in [4.78, 5) is 3.71. The van der Waals surface area contributed by atoms with Crippen LogP contribution in [0, 0.1) is 6.92 Å². The van der Waals surface area contributed by atoms with Crippen molar-refractivity contribution in [3.8, 4) is 0 Å². The van der Waals surface area contributed by atoms with E-state index < -0.39 is 0 Å². The number of aryl methyl sites for hydroxylation is 1. The Morgan fingerprint density at radius 2 is 1.95 bits per heavy atom. The molecule has 1 saturated carbocycles. The van der Waals surface area contributed by atoms with Gasteiger partial charge in [-0.1, -0.05) is 30.2 Å². The van der Waals surface area contributed by atoms with Crippen molar-refractivity contribution in [2.45, 2.75) is 51.5 Å². The minimum atomic E-state index is 0.358. The maximum Gasteiger partial charge on any atom is 0.0664 e. The number of benzene rings is 1. The highest BCUT2D eigenvalue weighted by atomic mass is 79.9. The fourth-order valence-corrected chi connectivity index (χ4v) is 4.39. The monoisotopic (exact) mass is 358 g/mol. The third-order valence-electron chi connectivity index (χ3n) is 5.19. The number of hydrogen-bond acceptors (Lipinski definition) is 1. The smallest absolute Gasteiger partial charge is 0.0664 e. The molecule has 1 aromatic carbocycles. The van der Waals surface area contributed by atoms with E-state index in [2.05, 4.69) is 51.4 Å². The Hall–Kier alpha value is -1.06. The van der Waals surface area contributed by atoms with E-state index in [9.17, 15) is 0 Å². The van der Waals surface area contributed by atoms with Crippen molar-refractivity contribution in [1.82, 2.24) is 10.3 Å². The molecular weight excluding hydrogens is 336 g/mol. The number of nitrogens with one attached hydrogen (secondary N) is 2. The van der Waals surface area contributed by atoms with Crippen molar-refractivity contribution in [3.63, 3.8) is 0 Å². The Balaban J connectivity index is 1.79. The van der Waals surface area contributed by atoms with Crippen LogP contribution >= 0.6 is 15.9 Å². The standard InChI is InChI=1S/C19H23BrN2/c1-12-7-8-14-15-9-10-21-16(11-13-5-3-2-4-6-13)18(15)22-19(14)17(12)20/h7-8,11,16,21-22H,2-6,9-10H2,1H3. The summed E-state index contributed by atoms with van der Waals surface area (Å²) in [7, 11) is 0. The molecule has 0 spiro atoms. The van der Waals surface area contributed by atoms with Crippen LogP contribution in [0.5, 0.6) is 0 Å². The quantitative estimate of drug-likeness (QED) is 0.663. The highest BCUT2D eigenvalue weighted by Crippen LogP contribution is 2.36. The van der Waals surface area contributed by atoms with Gasteiger partial charge in [-0.25, -0.2) is 0 Å². The van der Waals surface area contributed by atoms with Gasteiger partial charge in [-0.05, 0) is 66.1 Å². The summed E-state index contributed by atoms with van der Waals surface area (Å²) in [5.41, 5.74) is 7.09. The minimum Gasteiger partial charge on any atom is -0.356 e. The molecular formula is C19H23BrN2. The van der Waals surface area contributed by atoms with Crippen molar-refractivity contribution in [2.24, 2.45) is 0 Å². The van der Waals surface area contributed by atoms with Crippen molar-refractivity contribution in [2.75, 3.05) is 6.54 Å². The van der Waals surface area contributed by atoms with E-state index in [1.165, 1.54) is 64.3 Å². The summed E-state index contributed by atoms with van der Waals surface area (Å²) in [6, 6.07) is 4.86. The first-order valence-electron chi connectivity index (χ1n) is 8.46. The Morgan fingerprint density at radius 1 is 1.14 bits per heavy atom.